The molecule has 0 saturated heterocycles. The molecule has 3 aromatic rings. The highest BCUT2D eigenvalue weighted by Crippen LogP contribution is 2.31. The molecule has 0 fully saturated rings. The molecule has 1 aliphatic heterocycles. The monoisotopic (exact) mass is 446 g/mol. The van der Waals surface area contributed by atoms with Gasteiger partial charge in [-0.1, -0.05) is 54.1 Å². The summed E-state index contributed by atoms with van der Waals surface area (Å²) in [6, 6.07) is 15.8. The molecule has 1 N–H and O–H groups in total. The van der Waals surface area contributed by atoms with E-state index in [4.69, 9.17) is 11.6 Å². The summed E-state index contributed by atoms with van der Waals surface area (Å²) in [5, 5.41) is 1.41. The molecule has 0 aromatic heterocycles. The standard InChI is InChI=1S/C20H12ClFN2O3S2/c21-16-11-14(22)9-8-13(16)10-17-19(25)23-20(28-17)24-29(26,27)18-7-3-5-12-4-1-2-6-15(12)18/h1-11H,(H,23,24,25)/b17-10-. The molecule has 0 atom stereocenters. The van der Waals surface area contributed by atoms with E-state index < -0.39 is 21.7 Å². The second-order valence-corrected chi connectivity index (χ2v) is 9.17. The van der Waals surface area contributed by atoms with Crippen LogP contribution in [-0.2, 0) is 14.8 Å². The number of rotatable bonds is 3. The number of nitrogens with one attached hydrogen (secondary N) is 1. The molecule has 4 rings (SSSR count). The Morgan fingerprint density at radius 1 is 1.07 bits per heavy atom. The molecular weight excluding hydrogens is 435 g/mol. The second kappa shape index (κ2) is 7.62. The number of aliphatic imine (C=N–C) groups is 1. The molecule has 9 heteroatoms. The lowest BCUT2D eigenvalue weighted by Gasteiger charge is -2.09. The van der Waals surface area contributed by atoms with Gasteiger partial charge < -0.3 is 0 Å². The Kier molecular flexibility index (Phi) is 5.16. The van der Waals surface area contributed by atoms with Crippen LogP contribution in [0.5, 0.6) is 0 Å². The number of amides is 1. The number of hydrogen-bond donors (Lipinski definition) is 1. The van der Waals surface area contributed by atoms with Crippen molar-refractivity contribution in [2.75, 3.05) is 0 Å². The zero-order valence-corrected chi connectivity index (χ0v) is 17.0. The molecule has 0 bridgehead atoms. The third-order valence-electron chi connectivity index (χ3n) is 4.13. The van der Waals surface area contributed by atoms with Crippen molar-refractivity contribution >= 4 is 61.3 Å². The van der Waals surface area contributed by atoms with Gasteiger partial charge in [0.2, 0.25) is 0 Å². The van der Waals surface area contributed by atoms with Gasteiger partial charge in [-0.2, -0.15) is 4.99 Å². The largest absolute Gasteiger partial charge is 0.286 e. The summed E-state index contributed by atoms with van der Waals surface area (Å²) in [6.07, 6.45) is 1.44. The van der Waals surface area contributed by atoms with E-state index in [2.05, 4.69) is 9.71 Å². The van der Waals surface area contributed by atoms with Gasteiger partial charge in [-0.25, -0.2) is 12.8 Å². The minimum atomic E-state index is -3.96. The summed E-state index contributed by atoms with van der Waals surface area (Å²) in [6.45, 7) is 0. The van der Waals surface area contributed by atoms with Gasteiger partial charge >= 0.3 is 0 Å². The Morgan fingerprint density at radius 3 is 2.62 bits per heavy atom. The number of carbonyl (C=O) groups excluding carboxylic acids is 1. The fraction of sp³-hybridized carbons (Fsp3) is 0. The minimum absolute atomic E-state index is 0.0626. The molecule has 0 radical (unpaired) electrons. The van der Waals surface area contributed by atoms with Crippen LogP contribution in [0.4, 0.5) is 4.39 Å². The first-order valence-electron chi connectivity index (χ1n) is 8.32. The van der Waals surface area contributed by atoms with Gasteiger partial charge in [0.25, 0.3) is 15.9 Å². The second-order valence-electron chi connectivity index (χ2n) is 6.08. The molecule has 3 aromatic carbocycles. The number of amidine groups is 1. The Morgan fingerprint density at radius 2 is 1.83 bits per heavy atom. The zero-order valence-electron chi connectivity index (χ0n) is 14.6. The first-order valence-corrected chi connectivity index (χ1v) is 11.0. The molecule has 0 unspecified atom stereocenters. The van der Waals surface area contributed by atoms with E-state index in [1.165, 1.54) is 24.3 Å². The quantitative estimate of drug-likeness (QED) is 0.597. The van der Waals surface area contributed by atoms with Gasteiger partial charge in [-0.05, 0) is 47.0 Å². The first-order chi connectivity index (χ1) is 13.8. The number of fused-ring (bicyclic) bond motifs is 1. The SMILES string of the molecule is O=C1N=C(NS(=O)(=O)c2cccc3ccccc23)S/C1=C\c1ccc(F)cc1Cl. The summed E-state index contributed by atoms with van der Waals surface area (Å²) in [4.78, 5) is 16.2. The van der Waals surface area contributed by atoms with Crippen LogP contribution in [0.3, 0.4) is 0 Å². The summed E-state index contributed by atoms with van der Waals surface area (Å²) < 4.78 is 41.3. The lowest BCUT2D eigenvalue weighted by Crippen LogP contribution is -2.27. The number of benzene rings is 3. The molecule has 146 valence electrons. The third-order valence-corrected chi connectivity index (χ3v) is 6.88. The van der Waals surface area contributed by atoms with Crippen LogP contribution >= 0.6 is 23.4 Å². The highest BCUT2D eigenvalue weighted by atomic mass is 35.5. The van der Waals surface area contributed by atoms with Gasteiger partial charge in [0.1, 0.15) is 5.82 Å². The van der Waals surface area contributed by atoms with E-state index in [0.29, 0.717) is 10.9 Å². The minimum Gasteiger partial charge on any atom is -0.266 e. The summed E-state index contributed by atoms with van der Waals surface area (Å²) in [5.41, 5.74) is 0.428. The predicted octanol–water partition coefficient (Wildman–Crippen LogP) is 4.58. The average Bonchev–Trinajstić information content (AvgIpc) is 3.01. The number of hydrogen-bond acceptors (Lipinski definition) is 4. The summed E-state index contributed by atoms with van der Waals surface area (Å²) >= 11 is 6.85. The third kappa shape index (κ3) is 4.05. The van der Waals surface area contributed by atoms with E-state index in [1.807, 2.05) is 18.2 Å². The number of carbonyl (C=O) groups is 1. The summed E-state index contributed by atoms with van der Waals surface area (Å²) in [7, 11) is -3.96. The lowest BCUT2D eigenvalue weighted by atomic mass is 10.1. The molecule has 1 amide bonds. The van der Waals surface area contributed by atoms with E-state index in [9.17, 15) is 17.6 Å². The van der Waals surface area contributed by atoms with E-state index in [-0.39, 0.29) is 20.0 Å². The number of nitrogens with zero attached hydrogens (tertiary/aromatic N) is 1. The van der Waals surface area contributed by atoms with Crippen LogP contribution in [0.25, 0.3) is 16.8 Å². The molecule has 29 heavy (non-hydrogen) atoms. The van der Waals surface area contributed by atoms with Crippen molar-refractivity contribution in [1.29, 1.82) is 0 Å². The maximum absolute atomic E-state index is 13.2. The first kappa shape index (κ1) is 19.6. The van der Waals surface area contributed by atoms with Crippen LogP contribution in [0, 0.1) is 5.82 Å². The fourth-order valence-corrected chi connectivity index (χ4v) is 5.30. The van der Waals surface area contributed by atoms with E-state index >= 15 is 0 Å². The smallest absolute Gasteiger partial charge is 0.266 e. The molecule has 5 nitrogen and oxygen atoms in total. The van der Waals surface area contributed by atoms with Crippen molar-refractivity contribution in [3.8, 4) is 0 Å². The van der Waals surface area contributed by atoms with Crippen molar-refractivity contribution in [3.63, 3.8) is 0 Å². The topological polar surface area (TPSA) is 75.6 Å². The van der Waals surface area contributed by atoms with Crippen molar-refractivity contribution in [2.45, 2.75) is 4.90 Å². The van der Waals surface area contributed by atoms with Crippen LogP contribution in [0.15, 0.2) is 75.5 Å². The van der Waals surface area contributed by atoms with Crippen molar-refractivity contribution in [3.05, 3.63) is 82.0 Å². The number of sulfonamides is 1. The van der Waals surface area contributed by atoms with E-state index in [0.717, 1.165) is 23.2 Å². The van der Waals surface area contributed by atoms with Crippen LogP contribution in [0.2, 0.25) is 5.02 Å². The van der Waals surface area contributed by atoms with Crippen molar-refractivity contribution < 1.29 is 17.6 Å². The molecule has 0 saturated carbocycles. The Balaban J connectivity index is 1.61. The Bertz CT molecular complexity index is 1320. The fourth-order valence-electron chi connectivity index (χ4n) is 2.81. The lowest BCUT2D eigenvalue weighted by molar-refractivity contribution is -0.113. The highest BCUT2D eigenvalue weighted by Gasteiger charge is 2.27. The zero-order chi connectivity index (χ0) is 20.6. The van der Waals surface area contributed by atoms with Gasteiger partial charge in [0.15, 0.2) is 5.17 Å². The van der Waals surface area contributed by atoms with Crippen molar-refractivity contribution in [1.82, 2.24) is 4.72 Å². The molecule has 0 aliphatic carbocycles. The maximum atomic E-state index is 13.2. The molecule has 1 aliphatic rings. The highest BCUT2D eigenvalue weighted by molar-refractivity contribution is 8.19. The Labute approximate surface area is 175 Å². The number of halogens is 2. The van der Waals surface area contributed by atoms with Gasteiger partial charge in [0, 0.05) is 5.39 Å². The van der Waals surface area contributed by atoms with Crippen molar-refractivity contribution in [2.24, 2.45) is 4.99 Å². The number of thioether (sulfide) groups is 1. The summed E-state index contributed by atoms with van der Waals surface area (Å²) in [5.74, 6) is -1.10. The van der Waals surface area contributed by atoms with Crippen LogP contribution in [-0.4, -0.2) is 19.5 Å². The molecular formula is C20H12ClFN2O3S2. The maximum Gasteiger partial charge on any atom is 0.286 e. The van der Waals surface area contributed by atoms with Gasteiger partial charge in [0.05, 0.1) is 14.8 Å². The molecule has 0 spiro atoms. The predicted molar refractivity (Wildman–Crippen MR) is 114 cm³/mol. The molecule has 1 heterocycles. The van der Waals surface area contributed by atoms with Crippen LogP contribution < -0.4 is 4.72 Å². The van der Waals surface area contributed by atoms with Crippen LogP contribution in [0.1, 0.15) is 5.56 Å². The normalized spacial score (nSPS) is 15.7. The van der Waals surface area contributed by atoms with E-state index in [1.54, 1.807) is 18.2 Å². The average molecular weight is 447 g/mol. The Hall–Kier alpha value is -2.68. The van der Waals surface area contributed by atoms with Gasteiger partial charge in [-0.15, -0.1) is 0 Å². The van der Waals surface area contributed by atoms with Gasteiger partial charge in [-0.3, -0.25) is 9.52 Å².